The fraction of sp³-hybridized carbons (Fsp3) is 0.150. The Hall–Kier alpha value is -2.38. The lowest BCUT2D eigenvalue weighted by Gasteiger charge is -2.18. The Morgan fingerprint density at radius 3 is 1.88 bits per heavy atom. The van der Waals surface area contributed by atoms with Crippen molar-refractivity contribution in [3.05, 3.63) is 83.7 Å². The quantitative estimate of drug-likeness (QED) is 0.564. The zero-order chi connectivity index (χ0) is 17.2. The first-order chi connectivity index (χ1) is 11.5. The van der Waals surface area contributed by atoms with Crippen LogP contribution in [0.25, 0.3) is 0 Å². The summed E-state index contributed by atoms with van der Waals surface area (Å²) < 4.78 is 14.0. The van der Waals surface area contributed by atoms with Gasteiger partial charge in [-0.1, -0.05) is 60.7 Å². The van der Waals surface area contributed by atoms with Crippen LogP contribution in [0.2, 0.25) is 0 Å². The molecule has 3 aromatic rings. The molecule has 1 N–H and O–H groups in total. The number of carbonyl (C=O) groups excluding carboxylic acids is 1. The highest BCUT2D eigenvalue weighted by molar-refractivity contribution is 7.78. The maximum absolute atomic E-state index is 14.0. The third kappa shape index (κ3) is 3.13. The van der Waals surface area contributed by atoms with Crippen molar-refractivity contribution in [3.8, 4) is 0 Å². The number of ketones is 1. The fourth-order valence-electron chi connectivity index (χ4n) is 2.99. The molecule has 0 bridgehead atoms. The van der Waals surface area contributed by atoms with Crippen molar-refractivity contribution in [1.82, 2.24) is 4.98 Å². The van der Waals surface area contributed by atoms with Crippen LogP contribution >= 0.6 is 7.14 Å². The van der Waals surface area contributed by atoms with Crippen molar-refractivity contribution in [2.45, 2.75) is 20.0 Å². The molecule has 0 saturated heterocycles. The van der Waals surface area contributed by atoms with Gasteiger partial charge >= 0.3 is 0 Å². The van der Waals surface area contributed by atoms with E-state index in [9.17, 15) is 9.36 Å². The predicted octanol–water partition coefficient (Wildman–Crippen LogP) is 4.04. The Kier molecular flexibility index (Phi) is 4.55. The molecule has 0 spiro atoms. The molecule has 0 unspecified atom stereocenters. The van der Waals surface area contributed by atoms with Gasteiger partial charge in [0.15, 0.2) is 5.78 Å². The normalized spacial score (nSPS) is 11.4. The first-order valence-corrected chi connectivity index (χ1v) is 9.79. The molecule has 0 aliphatic rings. The van der Waals surface area contributed by atoms with E-state index in [0.29, 0.717) is 11.7 Å². The molecule has 3 rings (SSSR count). The number of rotatable bonds is 5. The Balaban J connectivity index is 2.08. The predicted molar refractivity (Wildman–Crippen MR) is 99.0 cm³/mol. The number of hydrogen-bond donors (Lipinski definition) is 1. The van der Waals surface area contributed by atoms with Crippen LogP contribution in [-0.4, -0.2) is 10.8 Å². The molecule has 0 aliphatic heterocycles. The van der Waals surface area contributed by atoms with Gasteiger partial charge in [-0.15, -0.1) is 0 Å². The van der Waals surface area contributed by atoms with Gasteiger partial charge in [0.25, 0.3) is 0 Å². The fourth-order valence-corrected chi connectivity index (χ4v) is 5.61. The number of aryl methyl sites for hydroxylation is 1. The standard InChI is InChI=1S/C20H20NO2P/c1-15-20(16(2)22)13-17(21-15)14-24(23,18-9-5-3-6-10-18)19-11-7-4-8-12-19/h3-13,21H,14H2,1-2H3. The van der Waals surface area contributed by atoms with E-state index in [1.807, 2.05) is 73.7 Å². The number of hydrogen-bond acceptors (Lipinski definition) is 2. The summed E-state index contributed by atoms with van der Waals surface area (Å²) in [5.41, 5.74) is 2.32. The summed E-state index contributed by atoms with van der Waals surface area (Å²) in [6.07, 6.45) is 0.370. The second kappa shape index (κ2) is 6.62. The van der Waals surface area contributed by atoms with E-state index in [2.05, 4.69) is 4.98 Å². The molecule has 0 amide bonds. The van der Waals surface area contributed by atoms with E-state index >= 15 is 0 Å². The van der Waals surface area contributed by atoms with Gasteiger partial charge in [-0.25, -0.2) is 0 Å². The highest BCUT2D eigenvalue weighted by Crippen LogP contribution is 2.46. The number of carbonyl (C=O) groups is 1. The molecule has 2 aromatic carbocycles. The maximum Gasteiger partial charge on any atom is 0.161 e. The average Bonchev–Trinajstić information content (AvgIpc) is 2.97. The van der Waals surface area contributed by atoms with Crippen LogP contribution in [0.5, 0.6) is 0 Å². The van der Waals surface area contributed by atoms with Gasteiger partial charge < -0.3 is 9.55 Å². The maximum atomic E-state index is 14.0. The summed E-state index contributed by atoms with van der Waals surface area (Å²) in [5, 5.41) is 1.65. The molecule has 0 atom stereocenters. The lowest BCUT2D eigenvalue weighted by atomic mass is 10.2. The number of benzene rings is 2. The summed E-state index contributed by atoms with van der Waals surface area (Å²) in [7, 11) is -2.83. The molecule has 1 heterocycles. The SMILES string of the molecule is CC(=O)c1cc(CP(=O)(c2ccccc2)c2ccccc2)[nH]c1C. The molecular formula is C20H20NO2P. The van der Waals surface area contributed by atoms with Crippen molar-refractivity contribution in [1.29, 1.82) is 0 Å². The second-order valence-corrected chi connectivity index (χ2v) is 8.79. The van der Waals surface area contributed by atoms with Crippen LogP contribution < -0.4 is 10.6 Å². The zero-order valence-electron chi connectivity index (χ0n) is 13.8. The van der Waals surface area contributed by atoms with Crippen LogP contribution in [0.15, 0.2) is 66.7 Å². The number of aromatic nitrogens is 1. The first-order valence-electron chi connectivity index (χ1n) is 7.90. The van der Waals surface area contributed by atoms with E-state index in [-0.39, 0.29) is 5.78 Å². The minimum atomic E-state index is -2.83. The Bertz CT molecular complexity index is 854. The number of Topliss-reactive ketones (excluding diaryl/α,β-unsaturated/α-hetero) is 1. The number of nitrogens with one attached hydrogen (secondary N) is 1. The topological polar surface area (TPSA) is 49.9 Å². The molecule has 4 heteroatoms. The van der Waals surface area contributed by atoms with Gasteiger partial charge in [0.2, 0.25) is 0 Å². The highest BCUT2D eigenvalue weighted by atomic mass is 31.2. The summed E-state index contributed by atoms with van der Waals surface area (Å²) in [6, 6.07) is 21.0. The summed E-state index contributed by atoms with van der Waals surface area (Å²) in [5.74, 6) is 0.0178. The molecule has 24 heavy (non-hydrogen) atoms. The van der Waals surface area contributed by atoms with Crippen LogP contribution in [0, 0.1) is 6.92 Å². The Morgan fingerprint density at radius 2 is 1.46 bits per heavy atom. The van der Waals surface area contributed by atoms with Crippen LogP contribution in [0.4, 0.5) is 0 Å². The van der Waals surface area contributed by atoms with Gasteiger partial charge in [0, 0.05) is 33.7 Å². The molecular weight excluding hydrogens is 317 g/mol. The number of aromatic amines is 1. The largest absolute Gasteiger partial charge is 0.361 e. The van der Waals surface area contributed by atoms with Gasteiger partial charge in [0.1, 0.15) is 7.14 Å². The average molecular weight is 337 g/mol. The first kappa shape index (κ1) is 16.5. The van der Waals surface area contributed by atoms with Crippen molar-refractivity contribution >= 4 is 23.5 Å². The molecule has 0 aliphatic carbocycles. The van der Waals surface area contributed by atoms with E-state index in [1.54, 1.807) is 6.92 Å². The third-order valence-corrected chi connectivity index (χ3v) is 7.24. The molecule has 122 valence electrons. The van der Waals surface area contributed by atoms with Crippen LogP contribution in [-0.2, 0) is 10.7 Å². The van der Waals surface area contributed by atoms with E-state index in [1.165, 1.54) is 0 Å². The second-order valence-electron chi connectivity index (χ2n) is 5.96. The summed E-state index contributed by atoms with van der Waals surface area (Å²) >= 11 is 0. The monoisotopic (exact) mass is 337 g/mol. The highest BCUT2D eigenvalue weighted by Gasteiger charge is 2.28. The van der Waals surface area contributed by atoms with E-state index in [0.717, 1.165) is 22.0 Å². The van der Waals surface area contributed by atoms with Gasteiger partial charge in [-0.3, -0.25) is 4.79 Å². The molecule has 0 fully saturated rings. The lowest BCUT2D eigenvalue weighted by molar-refractivity contribution is 0.101. The van der Waals surface area contributed by atoms with Crippen molar-refractivity contribution < 1.29 is 9.36 Å². The number of H-pyrrole nitrogens is 1. The van der Waals surface area contributed by atoms with Crippen LogP contribution in [0.3, 0.4) is 0 Å². The zero-order valence-corrected chi connectivity index (χ0v) is 14.7. The smallest absolute Gasteiger partial charge is 0.161 e. The minimum absolute atomic E-state index is 0.0178. The molecule has 1 aromatic heterocycles. The van der Waals surface area contributed by atoms with Crippen molar-refractivity contribution in [2.24, 2.45) is 0 Å². The van der Waals surface area contributed by atoms with Crippen LogP contribution in [0.1, 0.15) is 28.7 Å². The lowest BCUT2D eigenvalue weighted by Crippen LogP contribution is -2.17. The summed E-state index contributed by atoms with van der Waals surface area (Å²) in [4.78, 5) is 14.9. The van der Waals surface area contributed by atoms with Crippen molar-refractivity contribution in [2.75, 3.05) is 0 Å². The van der Waals surface area contributed by atoms with Gasteiger partial charge in [0.05, 0.1) is 0 Å². The third-order valence-electron chi connectivity index (χ3n) is 4.19. The molecule has 0 saturated carbocycles. The Morgan fingerprint density at radius 1 is 0.958 bits per heavy atom. The van der Waals surface area contributed by atoms with Crippen molar-refractivity contribution in [3.63, 3.8) is 0 Å². The summed E-state index contributed by atoms with van der Waals surface area (Å²) in [6.45, 7) is 3.42. The minimum Gasteiger partial charge on any atom is -0.361 e. The van der Waals surface area contributed by atoms with E-state index in [4.69, 9.17) is 0 Å². The van der Waals surface area contributed by atoms with Gasteiger partial charge in [-0.2, -0.15) is 0 Å². The van der Waals surface area contributed by atoms with Gasteiger partial charge in [-0.05, 0) is 19.9 Å². The Labute approximate surface area is 142 Å². The molecule has 0 radical (unpaired) electrons. The van der Waals surface area contributed by atoms with E-state index < -0.39 is 7.14 Å². The molecule has 3 nitrogen and oxygen atoms in total.